The quantitative estimate of drug-likeness (QED) is 0.255. The lowest BCUT2D eigenvalue weighted by atomic mass is 9.70. The van der Waals surface area contributed by atoms with Crippen molar-refractivity contribution in [1.82, 2.24) is 19.4 Å². The van der Waals surface area contributed by atoms with Crippen LogP contribution in [0.5, 0.6) is 0 Å². The van der Waals surface area contributed by atoms with Crippen LogP contribution in [0.3, 0.4) is 0 Å². The molecule has 0 N–H and O–H groups in total. The van der Waals surface area contributed by atoms with Crippen molar-refractivity contribution in [3.05, 3.63) is 87.9 Å². The van der Waals surface area contributed by atoms with Crippen LogP contribution in [0.1, 0.15) is 77.6 Å². The number of benzene rings is 2. The van der Waals surface area contributed by atoms with Crippen LogP contribution in [0, 0.1) is 13.8 Å². The van der Waals surface area contributed by atoms with Crippen LogP contribution >= 0.6 is 11.3 Å². The van der Waals surface area contributed by atoms with E-state index in [4.69, 9.17) is 4.98 Å². The molecule has 2 aromatic heterocycles. The van der Waals surface area contributed by atoms with Crippen molar-refractivity contribution >= 4 is 28.3 Å². The van der Waals surface area contributed by atoms with Crippen LogP contribution in [-0.2, 0) is 5.41 Å². The maximum absolute atomic E-state index is 13.3. The lowest BCUT2D eigenvalue weighted by molar-refractivity contribution is 0.0610. The normalized spacial score (nSPS) is 24.6. The number of imidazole rings is 1. The van der Waals surface area contributed by atoms with E-state index in [1.165, 1.54) is 43.2 Å². The molecule has 3 atom stereocenters. The summed E-state index contributed by atoms with van der Waals surface area (Å²) in [6.45, 7) is 7.06. The van der Waals surface area contributed by atoms with Crippen LogP contribution in [-0.4, -0.2) is 57.0 Å². The first-order chi connectivity index (χ1) is 19.5. The van der Waals surface area contributed by atoms with Gasteiger partial charge in [-0.2, -0.15) is 0 Å². The van der Waals surface area contributed by atoms with Crippen LogP contribution in [0.25, 0.3) is 11.0 Å². The summed E-state index contributed by atoms with van der Waals surface area (Å²) in [6, 6.07) is 23.7. The standard InChI is InChI=1S/C34H40N4OS/c1-24-14-21-40-32(24)33(39)36-18-15-34(16-19-36,26-8-4-3-5-9-26)17-20-37-27-12-13-28(37)23-29(22-27)38-25(2)35-30-10-6-7-11-31(30)38/h3-11,14,21,27-29H,12-13,15-20,22-23H2,1-2H3/t27-,28+,29-. The number of fused-ring (bicyclic) bond motifs is 3. The minimum absolute atomic E-state index is 0.135. The molecule has 7 rings (SSSR count). The number of carbonyl (C=O) groups excluding carboxylic acids is 1. The summed E-state index contributed by atoms with van der Waals surface area (Å²) in [4.78, 5) is 24.0. The van der Waals surface area contributed by atoms with E-state index >= 15 is 0 Å². The topological polar surface area (TPSA) is 41.4 Å². The molecule has 3 aliphatic heterocycles. The van der Waals surface area contributed by atoms with Crippen LogP contribution in [0.4, 0.5) is 0 Å². The Hall–Kier alpha value is -2.96. The molecule has 5 heterocycles. The van der Waals surface area contributed by atoms with Gasteiger partial charge < -0.3 is 9.47 Å². The summed E-state index contributed by atoms with van der Waals surface area (Å²) < 4.78 is 2.53. The zero-order valence-corrected chi connectivity index (χ0v) is 24.6. The fourth-order valence-corrected chi connectivity index (χ4v) is 9.03. The average molecular weight is 553 g/mol. The van der Waals surface area contributed by atoms with Gasteiger partial charge in [-0.25, -0.2) is 4.98 Å². The smallest absolute Gasteiger partial charge is 0.264 e. The van der Waals surface area contributed by atoms with Crippen molar-refractivity contribution in [2.45, 2.75) is 82.3 Å². The van der Waals surface area contributed by atoms with E-state index in [9.17, 15) is 4.79 Å². The number of carbonyl (C=O) groups is 1. The molecule has 0 aliphatic carbocycles. The first-order valence-electron chi connectivity index (χ1n) is 15.1. The zero-order valence-electron chi connectivity index (χ0n) is 23.8. The van der Waals surface area contributed by atoms with Crippen molar-refractivity contribution in [1.29, 1.82) is 0 Å². The molecule has 5 nitrogen and oxygen atoms in total. The van der Waals surface area contributed by atoms with Gasteiger partial charge in [0.15, 0.2) is 0 Å². The number of rotatable bonds is 6. The number of amides is 1. The number of likely N-dealkylation sites (tertiary alicyclic amines) is 1. The number of hydrogen-bond donors (Lipinski definition) is 0. The van der Waals surface area contributed by atoms with Gasteiger partial charge in [0.25, 0.3) is 5.91 Å². The summed E-state index contributed by atoms with van der Waals surface area (Å²) in [6.07, 6.45) is 8.32. The first-order valence-corrected chi connectivity index (χ1v) is 16.0. The Labute approximate surface area is 241 Å². The second-order valence-corrected chi connectivity index (χ2v) is 13.3. The van der Waals surface area contributed by atoms with Gasteiger partial charge >= 0.3 is 0 Å². The van der Waals surface area contributed by atoms with Gasteiger partial charge in [0.2, 0.25) is 0 Å². The van der Waals surface area contributed by atoms with Gasteiger partial charge in [-0.15, -0.1) is 11.3 Å². The lowest BCUT2D eigenvalue weighted by Gasteiger charge is -2.45. The largest absolute Gasteiger partial charge is 0.338 e. The maximum atomic E-state index is 13.3. The second-order valence-electron chi connectivity index (χ2n) is 12.4. The Morgan fingerprint density at radius 1 is 0.925 bits per heavy atom. The Balaban J connectivity index is 1.07. The summed E-state index contributed by atoms with van der Waals surface area (Å²) in [5.74, 6) is 1.37. The molecule has 2 bridgehead atoms. The van der Waals surface area contributed by atoms with Crippen molar-refractivity contribution < 1.29 is 4.79 Å². The second kappa shape index (κ2) is 10.5. The Morgan fingerprint density at radius 2 is 1.62 bits per heavy atom. The van der Waals surface area contributed by atoms with Gasteiger partial charge in [0.1, 0.15) is 5.82 Å². The molecule has 3 aliphatic rings. The molecule has 1 amide bonds. The molecule has 6 heteroatoms. The SMILES string of the molecule is Cc1ccsc1C(=O)N1CCC(CCN2[C@@H]3CC[C@H]2C[C@H](n2c(C)nc4ccccc42)C3)(c2ccccc2)CC1. The van der Waals surface area contributed by atoms with Gasteiger partial charge in [-0.05, 0) is 105 Å². The van der Waals surface area contributed by atoms with Crippen LogP contribution in [0.2, 0.25) is 0 Å². The number of piperidine rings is 2. The number of aryl methyl sites for hydroxylation is 2. The van der Waals surface area contributed by atoms with Crippen molar-refractivity contribution in [3.63, 3.8) is 0 Å². The third-order valence-corrected chi connectivity index (χ3v) is 11.3. The lowest BCUT2D eigenvalue weighted by Crippen LogP contribution is -2.49. The number of nitrogens with zero attached hydrogens (tertiary/aromatic N) is 4. The van der Waals surface area contributed by atoms with E-state index in [0.29, 0.717) is 18.1 Å². The van der Waals surface area contributed by atoms with E-state index in [2.05, 4.69) is 88.9 Å². The third-order valence-electron chi connectivity index (χ3n) is 10.3. The fourth-order valence-electron chi connectivity index (χ4n) is 8.14. The van der Waals surface area contributed by atoms with Crippen molar-refractivity contribution in [2.75, 3.05) is 19.6 Å². The molecule has 0 saturated carbocycles. The number of hydrogen-bond acceptors (Lipinski definition) is 4. The first kappa shape index (κ1) is 26.0. The highest BCUT2D eigenvalue weighted by Gasteiger charge is 2.44. The highest BCUT2D eigenvalue weighted by molar-refractivity contribution is 7.12. The summed E-state index contributed by atoms with van der Waals surface area (Å²) in [5.41, 5.74) is 5.11. The minimum atomic E-state index is 0.135. The Morgan fingerprint density at radius 3 is 2.33 bits per heavy atom. The predicted octanol–water partition coefficient (Wildman–Crippen LogP) is 7.15. The maximum Gasteiger partial charge on any atom is 0.264 e. The number of para-hydroxylation sites is 2. The molecule has 3 fully saturated rings. The van der Waals surface area contributed by atoms with E-state index < -0.39 is 0 Å². The molecule has 4 aromatic rings. The summed E-state index contributed by atoms with van der Waals surface area (Å²) in [7, 11) is 0. The van der Waals surface area contributed by atoms with E-state index in [1.807, 2.05) is 5.38 Å². The Kier molecular flexibility index (Phi) is 6.79. The summed E-state index contributed by atoms with van der Waals surface area (Å²) >= 11 is 1.58. The van der Waals surface area contributed by atoms with Crippen molar-refractivity contribution in [2.24, 2.45) is 0 Å². The van der Waals surface area contributed by atoms with Gasteiger partial charge in [-0.1, -0.05) is 42.5 Å². The monoisotopic (exact) mass is 552 g/mol. The van der Waals surface area contributed by atoms with Gasteiger partial charge in [-0.3, -0.25) is 9.69 Å². The molecule has 0 spiro atoms. The average Bonchev–Trinajstić information content (AvgIpc) is 3.63. The fraction of sp³-hybridized carbons (Fsp3) is 0.471. The molecule has 2 aromatic carbocycles. The molecule has 40 heavy (non-hydrogen) atoms. The van der Waals surface area contributed by atoms with Crippen LogP contribution in [0.15, 0.2) is 66.0 Å². The molecule has 0 unspecified atom stereocenters. The summed E-state index contributed by atoms with van der Waals surface area (Å²) in [5, 5.41) is 2.04. The highest BCUT2D eigenvalue weighted by Crippen LogP contribution is 2.45. The van der Waals surface area contributed by atoms with Crippen LogP contribution < -0.4 is 0 Å². The predicted molar refractivity (Wildman–Crippen MR) is 163 cm³/mol. The van der Waals surface area contributed by atoms with Gasteiger partial charge in [0, 0.05) is 31.2 Å². The molecule has 3 saturated heterocycles. The minimum Gasteiger partial charge on any atom is -0.338 e. The van der Waals surface area contributed by atoms with Gasteiger partial charge in [0.05, 0.1) is 15.9 Å². The molecular formula is C34H40N4OS. The van der Waals surface area contributed by atoms with Crippen molar-refractivity contribution in [3.8, 4) is 0 Å². The number of thiophene rings is 1. The number of aromatic nitrogens is 2. The van der Waals surface area contributed by atoms with E-state index in [-0.39, 0.29) is 11.3 Å². The molecule has 208 valence electrons. The molecular weight excluding hydrogens is 512 g/mol. The highest BCUT2D eigenvalue weighted by atomic mass is 32.1. The Bertz CT molecular complexity index is 1480. The third kappa shape index (κ3) is 4.50. The molecule has 0 radical (unpaired) electrons. The zero-order chi connectivity index (χ0) is 27.3. The van der Waals surface area contributed by atoms with E-state index in [1.54, 1.807) is 11.3 Å². The van der Waals surface area contributed by atoms with E-state index in [0.717, 1.165) is 54.3 Å².